The molecule has 1 heterocycles. The fourth-order valence-corrected chi connectivity index (χ4v) is 3.63. The lowest BCUT2D eigenvalue weighted by molar-refractivity contribution is -0.127. The molecule has 0 aromatic heterocycles. The number of methoxy groups -OCH3 is 1. The van der Waals surface area contributed by atoms with Gasteiger partial charge in [-0.1, -0.05) is 20.3 Å². The van der Waals surface area contributed by atoms with Gasteiger partial charge in [0.05, 0.1) is 6.10 Å². The molecule has 0 aromatic rings. The number of rotatable bonds is 4. The van der Waals surface area contributed by atoms with Crippen LogP contribution in [0.25, 0.3) is 0 Å². The number of nitrogens with zero attached hydrogens (tertiary/aromatic N) is 1. The van der Waals surface area contributed by atoms with Gasteiger partial charge in [0, 0.05) is 32.5 Å². The van der Waals surface area contributed by atoms with E-state index in [2.05, 4.69) is 18.7 Å². The first-order valence-electron chi connectivity index (χ1n) is 7.91. The van der Waals surface area contributed by atoms with Crippen LogP contribution in [-0.4, -0.2) is 43.5 Å². The van der Waals surface area contributed by atoms with Gasteiger partial charge in [0.15, 0.2) is 0 Å². The lowest BCUT2D eigenvalue weighted by Gasteiger charge is -2.39. The lowest BCUT2D eigenvalue weighted by atomic mass is 9.79. The molecule has 0 spiro atoms. The minimum absolute atomic E-state index is 0.282. The number of hydrogen-bond donors (Lipinski definition) is 0. The monoisotopic (exact) mass is 267 g/mol. The molecule has 3 nitrogen and oxygen atoms in total. The minimum Gasteiger partial charge on any atom is -0.380 e. The predicted molar refractivity (Wildman–Crippen MR) is 77.1 cm³/mol. The zero-order chi connectivity index (χ0) is 13.8. The van der Waals surface area contributed by atoms with Crippen molar-refractivity contribution in [1.82, 2.24) is 4.90 Å². The molecule has 2 aliphatic rings. The Morgan fingerprint density at radius 1 is 1.37 bits per heavy atom. The SMILES string of the molecule is CCC1CCC(=O)C(CN2CCC(C)C(OC)C2)C1. The second-order valence-electron chi connectivity index (χ2n) is 6.51. The standard InChI is InChI=1S/C16H29NO2/c1-4-13-5-6-15(18)14(9-13)10-17-8-7-12(2)16(11-17)19-3/h12-14,16H,4-11H2,1-3H3. The Morgan fingerprint density at radius 2 is 2.16 bits per heavy atom. The Balaban J connectivity index is 1.87. The molecule has 1 aliphatic carbocycles. The number of hydrogen-bond acceptors (Lipinski definition) is 3. The summed E-state index contributed by atoms with van der Waals surface area (Å²) in [6, 6.07) is 0. The van der Waals surface area contributed by atoms with Crippen molar-refractivity contribution in [3.8, 4) is 0 Å². The number of piperidine rings is 1. The summed E-state index contributed by atoms with van der Waals surface area (Å²) in [4.78, 5) is 14.5. The normalized spacial score (nSPS) is 37.5. The number of carbonyl (C=O) groups is 1. The highest BCUT2D eigenvalue weighted by molar-refractivity contribution is 5.81. The lowest BCUT2D eigenvalue weighted by Crippen LogP contribution is -2.47. The maximum Gasteiger partial charge on any atom is 0.137 e. The van der Waals surface area contributed by atoms with E-state index >= 15 is 0 Å². The zero-order valence-electron chi connectivity index (χ0n) is 12.7. The Morgan fingerprint density at radius 3 is 2.84 bits per heavy atom. The van der Waals surface area contributed by atoms with E-state index in [0.29, 0.717) is 17.8 Å². The molecule has 0 amide bonds. The molecule has 0 radical (unpaired) electrons. The van der Waals surface area contributed by atoms with Crippen molar-refractivity contribution < 1.29 is 9.53 Å². The topological polar surface area (TPSA) is 29.5 Å². The molecule has 1 aliphatic heterocycles. The van der Waals surface area contributed by atoms with Gasteiger partial charge in [-0.15, -0.1) is 0 Å². The van der Waals surface area contributed by atoms with Gasteiger partial charge in [-0.3, -0.25) is 4.79 Å². The fourth-order valence-electron chi connectivity index (χ4n) is 3.63. The summed E-state index contributed by atoms with van der Waals surface area (Å²) < 4.78 is 5.57. The van der Waals surface area contributed by atoms with Gasteiger partial charge in [-0.2, -0.15) is 0 Å². The van der Waals surface area contributed by atoms with Crippen molar-refractivity contribution in [2.75, 3.05) is 26.7 Å². The molecule has 110 valence electrons. The van der Waals surface area contributed by atoms with Gasteiger partial charge in [-0.25, -0.2) is 0 Å². The summed E-state index contributed by atoms with van der Waals surface area (Å²) >= 11 is 0. The second kappa shape index (κ2) is 6.85. The van der Waals surface area contributed by atoms with E-state index in [0.717, 1.165) is 44.8 Å². The molecule has 19 heavy (non-hydrogen) atoms. The van der Waals surface area contributed by atoms with E-state index in [1.54, 1.807) is 0 Å². The summed E-state index contributed by atoms with van der Waals surface area (Å²) in [7, 11) is 1.81. The molecule has 4 atom stereocenters. The first-order chi connectivity index (χ1) is 9.13. The third-order valence-electron chi connectivity index (χ3n) is 5.20. The molecule has 2 fully saturated rings. The van der Waals surface area contributed by atoms with Crippen LogP contribution in [-0.2, 0) is 9.53 Å². The number of ether oxygens (including phenoxy) is 1. The van der Waals surface area contributed by atoms with Crippen LogP contribution < -0.4 is 0 Å². The number of carbonyl (C=O) groups excluding carboxylic acids is 1. The molecule has 2 rings (SSSR count). The van der Waals surface area contributed by atoms with Gasteiger partial charge in [0.2, 0.25) is 0 Å². The van der Waals surface area contributed by atoms with E-state index in [4.69, 9.17) is 4.74 Å². The summed E-state index contributed by atoms with van der Waals surface area (Å²) in [5.41, 5.74) is 0. The highest BCUT2D eigenvalue weighted by Gasteiger charge is 2.32. The van der Waals surface area contributed by atoms with Crippen LogP contribution in [0.5, 0.6) is 0 Å². The molecule has 1 saturated heterocycles. The highest BCUT2D eigenvalue weighted by Crippen LogP contribution is 2.30. The molecular weight excluding hydrogens is 238 g/mol. The Hall–Kier alpha value is -0.410. The molecule has 0 N–H and O–H groups in total. The van der Waals surface area contributed by atoms with E-state index in [-0.39, 0.29) is 5.92 Å². The Labute approximate surface area is 117 Å². The number of ketones is 1. The van der Waals surface area contributed by atoms with Crippen molar-refractivity contribution >= 4 is 5.78 Å². The van der Waals surface area contributed by atoms with E-state index < -0.39 is 0 Å². The van der Waals surface area contributed by atoms with E-state index in [1.165, 1.54) is 12.8 Å². The van der Waals surface area contributed by atoms with Crippen LogP contribution in [0, 0.1) is 17.8 Å². The van der Waals surface area contributed by atoms with Crippen LogP contribution in [0.2, 0.25) is 0 Å². The largest absolute Gasteiger partial charge is 0.380 e. The number of likely N-dealkylation sites (tertiary alicyclic amines) is 1. The average molecular weight is 267 g/mol. The summed E-state index contributed by atoms with van der Waals surface area (Å²) in [5.74, 6) is 2.19. The maximum absolute atomic E-state index is 12.1. The molecule has 4 unspecified atom stereocenters. The van der Waals surface area contributed by atoms with Crippen molar-refractivity contribution in [3.63, 3.8) is 0 Å². The van der Waals surface area contributed by atoms with E-state index in [9.17, 15) is 4.79 Å². The highest BCUT2D eigenvalue weighted by atomic mass is 16.5. The summed E-state index contributed by atoms with van der Waals surface area (Å²) in [5, 5.41) is 0. The first kappa shape index (κ1) is 15.0. The maximum atomic E-state index is 12.1. The van der Waals surface area contributed by atoms with Crippen LogP contribution in [0.1, 0.15) is 46.0 Å². The third kappa shape index (κ3) is 3.79. The zero-order valence-corrected chi connectivity index (χ0v) is 12.7. The molecule has 1 saturated carbocycles. The average Bonchev–Trinajstić information content (AvgIpc) is 2.43. The van der Waals surface area contributed by atoms with Gasteiger partial charge in [0.25, 0.3) is 0 Å². The van der Waals surface area contributed by atoms with Crippen molar-refractivity contribution in [2.24, 2.45) is 17.8 Å². The minimum atomic E-state index is 0.282. The fraction of sp³-hybridized carbons (Fsp3) is 0.938. The molecule has 0 bridgehead atoms. The molecular formula is C16H29NO2. The second-order valence-corrected chi connectivity index (χ2v) is 6.51. The van der Waals surface area contributed by atoms with Gasteiger partial charge in [0.1, 0.15) is 5.78 Å². The van der Waals surface area contributed by atoms with Crippen LogP contribution in [0.15, 0.2) is 0 Å². The summed E-state index contributed by atoms with van der Waals surface area (Å²) in [6.45, 7) is 7.60. The van der Waals surface area contributed by atoms with Crippen molar-refractivity contribution in [1.29, 1.82) is 0 Å². The Bertz CT molecular complexity index is 305. The van der Waals surface area contributed by atoms with Gasteiger partial charge < -0.3 is 9.64 Å². The van der Waals surface area contributed by atoms with Crippen molar-refractivity contribution in [3.05, 3.63) is 0 Å². The van der Waals surface area contributed by atoms with Gasteiger partial charge >= 0.3 is 0 Å². The first-order valence-corrected chi connectivity index (χ1v) is 7.91. The van der Waals surface area contributed by atoms with E-state index in [1.807, 2.05) is 7.11 Å². The Kier molecular flexibility index (Phi) is 5.40. The molecule has 3 heteroatoms. The smallest absolute Gasteiger partial charge is 0.137 e. The molecule has 0 aromatic carbocycles. The quantitative estimate of drug-likeness (QED) is 0.784. The van der Waals surface area contributed by atoms with Crippen LogP contribution >= 0.6 is 0 Å². The third-order valence-corrected chi connectivity index (χ3v) is 5.20. The summed E-state index contributed by atoms with van der Waals surface area (Å²) in [6.07, 6.45) is 5.79. The van der Waals surface area contributed by atoms with Crippen molar-refractivity contribution in [2.45, 2.75) is 52.1 Å². The van der Waals surface area contributed by atoms with Crippen LogP contribution in [0.4, 0.5) is 0 Å². The predicted octanol–water partition coefficient (Wildman–Crippen LogP) is 2.74. The van der Waals surface area contributed by atoms with Crippen LogP contribution in [0.3, 0.4) is 0 Å². The number of Topliss-reactive ketones (excluding diaryl/α,β-unsaturated/α-hetero) is 1. The van der Waals surface area contributed by atoms with Gasteiger partial charge in [-0.05, 0) is 37.6 Å².